The Morgan fingerprint density at radius 1 is 1.89 bits per heavy atom. The summed E-state index contributed by atoms with van der Waals surface area (Å²) in [4.78, 5) is 10.6. The van der Waals surface area contributed by atoms with Crippen LogP contribution in [0.3, 0.4) is 0 Å². The maximum Gasteiger partial charge on any atom is 0.156 e. The Morgan fingerprint density at radius 2 is 2.56 bits per heavy atom. The molecule has 0 fully saturated rings. The number of hydrogen-bond donors (Lipinski definition) is 1. The molecule has 0 saturated carbocycles. The molecule has 1 N–H and O–H groups in total. The topological polar surface area (TPSA) is 37.3 Å². The Kier molecular flexibility index (Phi) is 1.67. The van der Waals surface area contributed by atoms with Gasteiger partial charge in [0, 0.05) is 12.3 Å². The lowest BCUT2D eigenvalue weighted by atomic mass is 10.1. The molecular weight excluding hydrogens is 116 g/mol. The van der Waals surface area contributed by atoms with E-state index in [0.717, 1.165) is 5.57 Å². The average molecular weight is 126 g/mol. The Bertz CT molecular complexity index is 158. The van der Waals surface area contributed by atoms with Gasteiger partial charge in [-0.05, 0) is 13.0 Å². The quantitative estimate of drug-likeness (QED) is 0.556. The van der Waals surface area contributed by atoms with Crippen molar-refractivity contribution < 1.29 is 9.90 Å². The van der Waals surface area contributed by atoms with Gasteiger partial charge in [0.2, 0.25) is 0 Å². The monoisotopic (exact) mass is 126 g/mol. The number of hydrogen-bond acceptors (Lipinski definition) is 2. The van der Waals surface area contributed by atoms with Crippen LogP contribution in [-0.4, -0.2) is 17.5 Å². The van der Waals surface area contributed by atoms with Crippen LogP contribution in [0.4, 0.5) is 0 Å². The van der Waals surface area contributed by atoms with Crippen molar-refractivity contribution in [3.63, 3.8) is 0 Å². The molecule has 2 heteroatoms. The van der Waals surface area contributed by atoms with Gasteiger partial charge < -0.3 is 5.11 Å². The minimum absolute atomic E-state index is 0.105. The number of allylic oxidation sites excluding steroid dienone is 1. The number of carbonyl (C=O) groups is 1. The highest BCUT2D eigenvalue weighted by atomic mass is 16.3. The highest BCUT2D eigenvalue weighted by Gasteiger charge is 2.19. The molecule has 0 aliphatic heterocycles. The smallest absolute Gasteiger partial charge is 0.156 e. The summed E-state index contributed by atoms with van der Waals surface area (Å²) in [5.41, 5.74) is 1.02. The summed E-state index contributed by atoms with van der Waals surface area (Å²) in [6.45, 7) is 1.99. The molecule has 0 spiro atoms. The van der Waals surface area contributed by atoms with Gasteiger partial charge in [-0.25, -0.2) is 0 Å². The molecule has 0 bridgehead atoms. The van der Waals surface area contributed by atoms with Crippen LogP contribution in [-0.2, 0) is 4.79 Å². The Hall–Kier alpha value is -0.630. The lowest BCUT2D eigenvalue weighted by molar-refractivity contribution is -0.114. The molecule has 0 aromatic heterocycles. The van der Waals surface area contributed by atoms with Gasteiger partial charge in [-0.1, -0.05) is 5.57 Å². The maximum atomic E-state index is 10.6. The fraction of sp³-hybridized carbons (Fsp3) is 0.571. The second-order valence-electron chi connectivity index (χ2n) is 2.44. The zero-order valence-corrected chi connectivity index (χ0v) is 5.42. The van der Waals surface area contributed by atoms with Crippen LogP contribution in [0.15, 0.2) is 11.6 Å². The lowest BCUT2D eigenvalue weighted by Crippen LogP contribution is -2.03. The van der Waals surface area contributed by atoms with Crippen LogP contribution in [0.25, 0.3) is 0 Å². The van der Waals surface area contributed by atoms with Crippen molar-refractivity contribution in [3.8, 4) is 0 Å². The average Bonchev–Trinajstić information content (AvgIpc) is 2.10. The van der Waals surface area contributed by atoms with Gasteiger partial charge in [-0.3, -0.25) is 4.79 Å². The first-order valence-electron chi connectivity index (χ1n) is 3.06. The largest absolute Gasteiger partial charge is 0.396 e. The summed E-state index contributed by atoms with van der Waals surface area (Å²) in [5.74, 6) is 0.254. The van der Waals surface area contributed by atoms with Crippen LogP contribution in [0.1, 0.15) is 13.3 Å². The van der Waals surface area contributed by atoms with Crippen molar-refractivity contribution in [3.05, 3.63) is 11.6 Å². The van der Waals surface area contributed by atoms with Crippen LogP contribution in [0.5, 0.6) is 0 Å². The number of aliphatic hydroxyl groups is 1. The van der Waals surface area contributed by atoms with E-state index in [1.54, 1.807) is 6.08 Å². The van der Waals surface area contributed by atoms with Gasteiger partial charge in [0.05, 0.1) is 6.61 Å². The highest BCUT2D eigenvalue weighted by Crippen LogP contribution is 2.21. The third-order valence-electron chi connectivity index (χ3n) is 1.70. The summed E-state index contributed by atoms with van der Waals surface area (Å²) >= 11 is 0. The van der Waals surface area contributed by atoms with E-state index >= 15 is 0 Å². The minimum atomic E-state index is 0.105. The molecule has 0 heterocycles. The molecule has 0 saturated heterocycles. The van der Waals surface area contributed by atoms with Crippen molar-refractivity contribution in [2.75, 3.05) is 6.61 Å². The number of aliphatic hydroxyl groups excluding tert-OH is 1. The van der Waals surface area contributed by atoms with Gasteiger partial charge >= 0.3 is 0 Å². The third-order valence-corrected chi connectivity index (χ3v) is 1.70. The third kappa shape index (κ3) is 1.19. The van der Waals surface area contributed by atoms with Gasteiger partial charge in [0.15, 0.2) is 5.78 Å². The summed E-state index contributed by atoms with van der Waals surface area (Å²) < 4.78 is 0. The molecule has 0 aromatic rings. The van der Waals surface area contributed by atoms with E-state index in [1.807, 2.05) is 6.92 Å². The molecule has 2 nitrogen and oxygen atoms in total. The minimum Gasteiger partial charge on any atom is -0.396 e. The van der Waals surface area contributed by atoms with Crippen LogP contribution >= 0.6 is 0 Å². The molecular formula is C7H10O2. The van der Waals surface area contributed by atoms with Crippen LogP contribution in [0, 0.1) is 5.92 Å². The first kappa shape index (κ1) is 6.49. The van der Waals surface area contributed by atoms with E-state index in [9.17, 15) is 4.79 Å². The van der Waals surface area contributed by atoms with Gasteiger partial charge in [-0.2, -0.15) is 0 Å². The first-order valence-corrected chi connectivity index (χ1v) is 3.06. The molecule has 0 amide bonds. The van der Waals surface area contributed by atoms with E-state index in [4.69, 9.17) is 5.11 Å². The van der Waals surface area contributed by atoms with E-state index in [-0.39, 0.29) is 18.3 Å². The first-order chi connectivity index (χ1) is 4.24. The van der Waals surface area contributed by atoms with E-state index < -0.39 is 0 Å². The second kappa shape index (κ2) is 2.31. The zero-order valence-electron chi connectivity index (χ0n) is 5.42. The molecule has 1 unspecified atom stereocenters. The molecule has 9 heavy (non-hydrogen) atoms. The number of carbonyl (C=O) groups excluding carboxylic acids is 1. The lowest BCUT2D eigenvalue weighted by Gasteiger charge is -2.03. The van der Waals surface area contributed by atoms with Crippen molar-refractivity contribution >= 4 is 5.78 Å². The normalized spacial score (nSPS) is 26.7. The standard InChI is InChI=1S/C7H10O2/c1-5-2-7(9)3-6(5)4-8/h2,6,8H,3-4H2,1H3. The second-order valence-corrected chi connectivity index (χ2v) is 2.44. The molecule has 1 aliphatic carbocycles. The van der Waals surface area contributed by atoms with Gasteiger partial charge in [-0.15, -0.1) is 0 Å². The fourth-order valence-corrected chi connectivity index (χ4v) is 1.04. The van der Waals surface area contributed by atoms with E-state index in [1.165, 1.54) is 0 Å². The SMILES string of the molecule is CC1=CC(=O)CC1CO. The predicted molar refractivity (Wildman–Crippen MR) is 34.0 cm³/mol. The molecule has 0 aromatic carbocycles. The van der Waals surface area contributed by atoms with Crippen molar-refractivity contribution in [1.82, 2.24) is 0 Å². The number of ketones is 1. The molecule has 1 aliphatic rings. The Morgan fingerprint density at radius 3 is 2.78 bits per heavy atom. The molecule has 50 valence electrons. The highest BCUT2D eigenvalue weighted by molar-refractivity contribution is 5.93. The van der Waals surface area contributed by atoms with E-state index in [0.29, 0.717) is 6.42 Å². The van der Waals surface area contributed by atoms with Gasteiger partial charge in [0.25, 0.3) is 0 Å². The zero-order chi connectivity index (χ0) is 6.85. The van der Waals surface area contributed by atoms with Crippen molar-refractivity contribution in [1.29, 1.82) is 0 Å². The summed E-state index contributed by atoms with van der Waals surface area (Å²) in [6, 6.07) is 0. The molecule has 1 rings (SSSR count). The maximum absolute atomic E-state index is 10.6. The van der Waals surface area contributed by atoms with Crippen molar-refractivity contribution in [2.45, 2.75) is 13.3 Å². The van der Waals surface area contributed by atoms with Gasteiger partial charge in [0.1, 0.15) is 0 Å². The van der Waals surface area contributed by atoms with E-state index in [2.05, 4.69) is 0 Å². The Labute approximate surface area is 54.2 Å². The molecule has 1 atom stereocenters. The fourth-order valence-electron chi connectivity index (χ4n) is 1.04. The molecule has 0 radical (unpaired) electrons. The predicted octanol–water partition coefficient (Wildman–Crippen LogP) is 0.514. The summed E-state index contributed by atoms with van der Waals surface area (Å²) in [7, 11) is 0. The number of rotatable bonds is 1. The Balaban J connectivity index is 2.64. The van der Waals surface area contributed by atoms with Crippen molar-refractivity contribution in [2.24, 2.45) is 5.92 Å². The van der Waals surface area contributed by atoms with Crippen LogP contribution in [0.2, 0.25) is 0 Å². The summed E-state index contributed by atoms with van der Waals surface area (Å²) in [6.07, 6.45) is 2.11. The van der Waals surface area contributed by atoms with Crippen LogP contribution < -0.4 is 0 Å². The summed E-state index contributed by atoms with van der Waals surface area (Å²) in [5, 5.41) is 8.66.